The van der Waals surface area contributed by atoms with Gasteiger partial charge in [0, 0.05) is 0 Å². The van der Waals surface area contributed by atoms with Crippen molar-refractivity contribution in [3.05, 3.63) is 323 Å². The highest BCUT2D eigenvalue weighted by Gasteiger charge is 2.46. The minimum Gasteiger partial charge on any atom is -0.452 e. The van der Waals surface area contributed by atoms with Gasteiger partial charge in [0.05, 0.1) is 29.9 Å². The molecule has 8 nitrogen and oxygen atoms in total. The van der Waals surface area contributed by atoms with Gasteiger partial charge < -0.3 is 23.7 Å². The van der Waals surface area contributed by atoms with Crippen molar-refractivity contribution in [2.45, 2.75) is 29.5 Å². The molecule has 9 aromatic carbocycles. The average Bonchev–Trinajstić information content (AvgIpc) is 3.46. The van der Waals surface area contributed by atoms with Gasteiger partial charge >= 0.3 is 17.9 Å². The molecule has 0 amide bonds. The second-order valence-electron chi connectivity index (χ2n) is 17.0. The van der Waals surface area contributed by atoms with E-state index in [2.05, 4.69) is 0 Å². The summed E-state index contributed by atoms with van der Waals surface area (Å²) in [4.78, 5) is 44.0. The number of esters is 3. The zero-order chi connectivity index (χ0) is 49.4. The Bertz CT molecular complexity index is 2710. The zero-order valence-corrected chi connectivity index (χ0v) is 39.4. The third kappa shape index (κ3) is 10.9. The first-order valence-electron chi connectivity index (χ1n) is 23.8. The Morgan fingerprint density at radius 2 is 0.472 bits per heavy atom. The van der Waals surface area contributed by atoms with Crippen molar-refractivity contribution < 1.29 is 38.1 Å². The minimum atomic E-state index is -1.57. The highest BCUT2D eigenvalue weighted by molar-refractivity contribution is 5.91. The minimum absolute atomic E-state index is 0.213. The first-order chi connectivity index (χ1) is 35.5. The van der Waals surface area contributed by atoms with Crippen LogP contribution in [0.25, 0.3) is 0 Å². The molecule has 2 atom stereocenters. The number of benzene rings is 9. The Kier molecular flexibility index (Phi) is 15.6. The molecule has 356 valence electrons. The quantitative estimate of drug-likeness (QED) is 0.0423. The highest BCUT2D eigenvalue weighted by atomic mass is 16.6. The predicted octanol–water partition coefficient (Wildman–Crippen LogP) is 12.7. The fourth-order valence-corrected chi connectivity index (χ4v) is 9.06. The van der Waals surface area contributed by atoms with Gasteiger partial charge in [-0.25, -0.2) is 14.4 Å². The van der Waals surface area contributed by atoms with Gasteiger partial charge in [0.2, 0.25) is 0 Å². The molecule has 0 fully saturated rings. The number of carbonyl (C=O) groups is 3. The van der Waals surface area contributed by atoms with Crippen LogP contribution in [0.2, 0.25) is 0 Å². The molecule has 0 heterocycles. The lowest BCUT2D eigenvalue weighted by molar-refractivity contribution is -0.143. The summed E-state index contributed by atoms with van der Waals surface area (Å²) >= 11 is 0. The average molecular weight is 949 g/mol. The predicted molar refractivity (Wildman–Crippen MR) is 277 cm³/mol. The smallest absolute Gasteiger partial charge is 0.338 e. The van der Waals surface area contributed by atoms with Crippen LogP contribution in [0.15, 0.2) is 273 Å². The summed E-state index contributed by atoms with van der Waals surface area (Å²) in [6, 6.07) is 84.1. The number of ether oxygens (including phenoxy) is 5. The summed E-state index contributed by atoms with van der Waals surface area (Å²) in [6.45, 7) is -0.769. The van der Waals surface area contributed by atoms with Crippen molar-refractivity contribution >= 4 is 17.9 Å². The van der Waals surface area contributed by atoms with E-state index in [9.17, 15) is 14.4 Å². The molecule has 0 saturated carbocycles. The fraction of sp³-hybridized carbons (Fsp3) is 0.109. The van der Waals surface area contributed by atoms with Gasteiger partial charge in [-0.2, -0.15) is 0 Å². The van der Waals surface area contributed by atoms with E-state index < -0.39 is 47.4 Å². The molecular weight excluding hydrogens is 897 g/mol. The molecule has 0 radical (unpaired) electrons. The standard InChI is InChI=1S/C64H52O8/c65-60(48-28-10-1-11-29-48)70-57(46-68-63(51-34-16-4-17-35-51,52-36-18-5-19-37-52)53-38-20-6-21-39-53)59(72-62(67)50-32-14-3-15-33-50)58(71-61(66)49-30-12-2-13-31-49)47-69-64(54-40-22-7-23-41-54,55-42-24-8-25-43-55)56-44-26-9-27-45-56/h1-45,57-59H,46-47H2/t57-,58-/m0/s1. The Morgan fingerprint density at radius 1 is 0.278 bits per heavy atom. The summed E-state index contributed by atoms with van der Waals surface area (Å²) in [7, 11) is 0. The Labute approximate surface area is 420 Å². The number of carbonyl (C=O) groups excluding carboxylic acids is 3. The third-order valence-electron chi connectivity index (χ3n) is 12.5. The van der Waals surface area contributed by atoms with E-state index in [1.807, 2.05) is 182 Å². The van der Waals surface area contributed by atoms with Crippen LogP contribution in [0, 0.1) is 0 Å². The summed E-state index contributed by atoms with van der Waals surface area (Å²) in [5.74, 6) is -2.21. The van der Waals surface area contributed by atoms with Crippen LogP contribution in [-0.4, -0.2) is 49.4 Å². The van der Waals surface area contributed by atoms with E-state index in [4.69, 9.17) is 23.7 Å². The molecule has 0 aromatic heterocycles. The van der Waals surface area contributed by atoms with Crippen LogP contribution in [0.5, 0.6) is 0 Å². The molecule has 0 N–H and O–H groups in total. The van der Waals surface area contributed by atoms with Gasteiger partial charge in [0.25, 0.3) is 0 Å². The number of rotatable bonds is 20. The molecule has 0 aliphatic rings. The number of hydrogen-bond donors (Lipinski definition) is 0. The van der Waals surface area contributed by atoms with Crippen molar-refractivity contribution in [2.24, 2.45) is 0 Å². The molecule has 9 rings (SSSR count). The van der Waals surface area contributed by atoms with Gasteiger partial charge in [-0.3, -0.25) is 0 Å². The second kappa shape index (κ2) is 23.3. The van der Waals surface area contributed by atoms with Crippen LogP contribution >= 0.6 is 0 Å². The third-order valence-corrected chi connectivity index (χ3v) is 12.5. The molecule has 0 aliphatic heterocycles. The summed E-state index contributed by atoms with van der Waals surface area (Å²) in [6.07, 6.45) is -4.49. The zero-order valence-electron chi connectivity index (χ0n) is 39.4. The van der Waals surface area contributed by atoms with Gasteiger partial charge in [0.15, 0.2) is 18.3 Å². The van der Waals surface area contributed by atoms with E-state index in [0.29, 0.717) is 0 Å². The van der Waals surface area contributed by atoms with E-state index in [0.717, 1.165) is 33.4 Å². The van der Waals surface area contributed by atoms with Crippen LogP contribution in [0.4, 0.5) is 0 Å². The molecule has 0 spiro atoms. The van der Waals surface area contributed by atoms with Crippen molar-refractivity contribution in [3.8, 4) is 0 Å². The summed E-state index contributed by atoms with van der Waals surface area (Å²) in [5.41, 5.74) is 2.74. The number of hydrogen-bond acceptors (Lipinski definition) is 8. The van der Waals surface area contributed by atoms with Crippen molar-refractivity contribution in [2.75, 3.05) is 13.2 Å². The van der Waals surface area contributed by atoms with Gasteiger partial charge in [-0.1, -0.05) is 237 Å². The maximum atomic E-state index is 14.7. The summed E-state index contributed by atoms with van der Waals surface area (Å²) < 4.78 is 34.7. The molecule has 0 unspecified atom stereocenters. The van der Waals surface area contributed by atoms with E-state index in [1.165, 1.54) is 0 Å². The Hall–Kier alpha value is -8.69. The Balaban J connectivity index is 1.24. The SMILES string of the molecule is O=C(OC([C@H](COC(c1ccccc1)(c1ccccc1)c1ccccc1)OC(=O)c1ccccc1)[C@H](COC(c1ccccc1)(c1ccccc1)c1ccccc1)OC(=O)c1ccccc1)c1ccccc1. The van der Waals surface area contributed by atoms with Gasteiger partial charge in [0.1, 0.15) is 11.2 Å². The van der Waals surface area contributed by atoms with E-state index >= 15 is 0 Å². The maximum absolute atomic E-state index is 14.7. The molecule has 0 saturated heterocycles. The first-order valence-corrected chi connectivity index (χ1v) is 23.8. The maximum Gasteiger partial charge on any atom is 0.338 e. The van der Waals surface area contributed by atoms with Crippen LogP contribution in [0.1, 0.15) is 64.5 Å². The lowest BCUT2D eigenvalue weighted by atomic mass is 9.80. The lowest BCUT2D eigenvalue weighted by Gasteiger charge is -2.40. The van der Waals surface area contributed by atoms with Crippen molar-refractivity contribution in [3.63, 3.8) is 0 Å². The van der Waals surface area contributed by atoms with Gasteiger partial charge in [-0.05, 0) is 69.8 Å². The van der Waals surface area contributed by atoms with Crippen molar-refractivity contribution in [1.82, 2.24) is 0 Å². The normalized spacial score (nSPS) is 12.3. The highest BCUT2D eigenvalue weighted by Crippen LogP contribution is 2.43. The van der Waals surface area contributed by atoms with Gasteiger partial charge in [-0.15, -0.1) is 0 Å². The van der Waals surface area contributed by atoms with Crippen molar-refractivity contribution in [1.29, 1.82) is 0 Å². The lowest BCUT2D eigenvalue weighted by Crippen LogP contribution is -2.51. The Morgan fingerprint density at radius 3 is 0.694 bits per heavy atom. The summed E-state index contributed by atoms with van der Waals surface area (Å²) in [5, 5.41) is 0. The topological polar surface area (TPSA) is 97.4 Å². The largest absolute Gasteiger partial charge is 0.452 e. The van der Waals surface area contributed by atoms with Crippen LogP contribution in [-0.2, 0) is 34.9 Å². The molecule has 9 aromatic rings. The second-order valence-corrected chi connectivity index (χ2v) is 17.0. The first kappa shape index (κ1) is 48.3. The fourth-order valence-electron chi connectivity index (χ4n) is 9.06. The van der Waals surface area contributed by atoms with Crippen LogP contribution < -0.4 is 0 Å². The van der Waals surface area contributed by atoms with E-state index in [-0.39, 0.29) is 29.9 Å². The monoisotopic (exact) mass is 948 g/mol. The molecule has 0 bridgehead atoms. The molecular formula is C64H52O8. The molecule has 8 heteroatoms. The van der Waals surface area contributed by atoms with Crippen LogP contribution in [0.3, 0.4) is 0 Å². The van der Waals surface area contributed by atoms with E-state index in [1.54, 1.807) is 91.0 Å². The molecule has 72 heavy (non-hydrogen) atoms. The molecule has 0 aliphatic carbocycles.